The van der Waals surface area contributed by atoms with Gasteiger partial charge in [-0.15, -0.1) is 23.5 Å². The number of aromatic nitrogens is 2. The number of carboxylic acid groups (broad SMARTS) is 1. The van der Waals surface area contributed by atoms with Gasteiger partial charge in [0.05, 0.1) is 11.1 Å². The largest absolute Gasteiger partial charge is 0.490 e. The highest BCUT2D eigenvalue weighted by molar-refractivity contribution is 8.04. The third-order valence-electron chi connectivity index (χ3n) is 6.50. The lowest BCUT2D eigenvalue weighted by molar-refractivity contribution is -0.125. The van der Waals surface area contributed by atoms with Crippen molar-refractivity contribution in [2.24, 2.45) is 0 Å². The molecule has 1 saturated heterocycles. The van der Waals surface area contributed by atoms with Crippen LogP contribution < -0.4 is 4.74 Å². The minimum atomic E-state index is -1.000. The van der Waals surface area contributed by atoms with Crippen LogP contribution in [0.1, 0.15) is 45.4 Å². The van der Waals surface area contributed by atoms with E-state index in [1.807, 2.05) is 36.8 Å². The Balaban J connectivity index is 1.60. The van der Waals surface area contributed by atoms with Gasteiger partial charge in [0.25, 0.3) is 0 Å². The number of carbonyl (C=O) groups is 2. The van der Waals surface area contributed by atoms with E-state index in [1.165, 1.54) is 4.90 Å². The minimum Gasteiger partial charge on any atom is -0.490 e. The molecule has 2 atom stereocenters. The fourth-order valence-corrected chi connectivity index (χ4v) is 7.45. The number of Topliss-reactive ketones (excluding diaryl/α,β-unsaturated/α-hetero) is 1. The molecular formula is C27H37N3O4S2. The van der Waals surface area contributed by atoms with Gasteiger partial charge in [-0.2, -0.15) is 0 Å². The van der Waals surface area contributed by atoms with Crippen LogP contribution in [0.25, 0.3) is 0 Å². The highest BCUT2D eigenvalue weighted by Crippen LogP contribution is 2.44. The lowest BCUT2D eigenvalue weighted by Crippen LogP contribution is -2.61. The number of imidazole rings is 1. The molecule has 1 N–H and O–H groups in total. The van der Waals surface area contributed by atoms with Crippen LogP contribution in [0.5, 0.6) is 5.75 Å². The van der Waals surface area contributed by atoms with E-state index in [0.717, 1.165) is 49.3 Å². The number of ketones is 1. The van der Waals surface area contributed by atoms with Crippen molar-refractivity contribution in [1.82, 2.24) is 14.5 Å². The number of unbranched alkanes of at least 4 members (excludes halogenated alkanes) is 3. The Morgan fingerprint density at radius 3 is 2.72 bits per heavy atom. The smallest absolute Gasteiger partial charge is 0.407 e. The summed E-state index contributed by atoms with van der Waals surface area (Å²) in [6.45, 7) is 7.52. The Morgan fingerprint density at radius 1 is 1.28 bits per heavy atom. The second-order valence-corrected chi connectivity index (χ2v) is 11.5. The van der Waals surface area contributed by atoms with Gasteiger partial charge in [-0.05, 0) is 43.5 Å². The van der Waals surface area contributed by atoms with Gasteiger partial charge in [-0.25, -0.2) is 9.78 Å². The van der Waals surface area contributed by atoms with E-state index in [1.54, 1.807) is 35.8 Å². The second kappa shape index (κ2) is 14.4. The van der Waals surface area contributed by atoms with Gasteiger partial charge in [0.2, 0.25) is 0 Å². The minimum absolute atomic E-state index is 0.0508. The molecule has 1 aromatic carbocycles. The molecule has 0 radical (unpaired) electrons. The molecule has 196 valence electrons. The van der Waals surface area contributed by atoms with Gasteiger partial charge in [-0.1, -0.05) is 32.4 Å². The molecule has 0 aliphatic carbocycles. The number of hydrogen-bond donors (Lipinski definition) is 1. The van der Waals surface area contributed by atoms with E-state index in [2.05, 4.69) is 23.1 Å². The number of nitrogens with zero attached hydrogens (tertiary/aromatic N) is 3. The zero-order chi connectivity index (χ0) is 25.8. The highest BCUT2D eigenvalue weighted by Gasteiger charge is 2.49. The quantitative estimate of drug-likeness (QED) is 0.171. The number of hydrogen-bond acceptors (Lipinski definition) is 6. The van der Waals surface area contributed by atoms with Gasteiger partial charge < -0.3 is 14.4 Å². The fourth-order valence-electron chi connectivity index (χ4n) is 4.53. The predicted octanol–water partition coefficient (Wildman–Crippen LogP) is 6.00. The first-order chi connectivity index (χ1) is 17.5. The molecule has 0 saturated carbocycles. The van der Waals surface area contributed by atoms with Crippen molar-refractivity contribution in [2.45, 2.75) is 67.7 Å². The van der Waals surface area contributed by atoms with Crippen LogP contribution in [0.3, 0.4) is 0 Å². The average Bonchev–Trinajstić information content (AvgIpc) is 3.42. The average molecular weight is 532 g/mol. The summed E-state index contributed by atoms with van der Waals surface area (Å²) in [4.78, 5) is 32.2. The number of aryl methyl sites for hydroxylation is 1. The number of ether oxygens (including phenoxy) is 1. The zero-order valence-electron chi connectivity index (χ0n) is 21.0. The second-order valence-electron chi connectivity index (χ2n) is 8.94. The van der Waals surface area contributed by atoms with Crippen LogP contribution in [0.2, 0.25) is 0 Å². The van der Waals surface area contributed by atoms with Crippen LogP contribution in [0.4, 0.5) is 4.79 Å². The Bertz CT molecular complexity index is 968. The van der Waals surface area contributed by atoms with E-state index in [-0.39, 0.29) is 5.78 Å². The van der Waals surface area contributed by atoms with E-state index >= 15 is 0 Å². The molecule has 1 aliphatic rings. The molecule has 2 heterocycles. The normalized spacial score (nSPS) is 19.7. The van der Waals surface area contributed by atoms with Crippen LogP contribution in [-0.2, 0) is 11.3 Å². The Kier molecular flexibility index (Phi) is 11.3. The SMILES string of the molecule is C=CCOc1ccc(SCC2(CC)SCCN(C(=O)O)C2C(=O)CCCCCCn2ccnc2)cc1. The monoisotopic (exact) mass is 531 g/mol. The summed E-state index contributed by atoms with van der Waals surface area (Å²) in [7, 11) is 0. The zero-order valence-corrected chi connectivity index (χ0v) is 22.6. The summed E-state index contributed by atoms with van der Waals surface area (Å²) in [6, 6.07) is 7.26. The summed E-state index contributed by atoms with van der Waals surface area (Å²) in [6.07, 6.45) is 11.2. The maximum absolute atomic E-state index is 13.5. The molecule has 36 heavy (non-hydrogen) atoms. The topological polar surface area (TPSA) is 84.7 Å². The van der Waals surface area contributed by atoms with Crippen LogP contribution in [0.15, 0.2) is 60.5 Å². The molecule has 2 unspecified atom stereocenters. The maximum Gasteiger partial charge on any atom is 0.407 e. The number of rotatable bonds is 15. The molecule has 0 spiro atoms. The van der Waals surface area contributed by atoms with Crippen LogP contribution in [-0.4, -0.2) is 66.9 Å². The highest BCUT2D eigenvalue weighted by atomic mass is 32.2. The Labute approximate surface area is 222 Å². The Morgan fingerprint density at radius 2 is 2.06 bits per heavy atom. The summed E-state index contributed by atoms with van der Waals surface area (Å²) >= 11 is 3.43. The van der Waals surface area contributed by atoms with Crippen LogP contribution >= 0.6 is 23.5 Å². The van der Waals surface area contributed by atoms with Crippen molar-refractivity contribution in [3.63, 3.8) is 0 Å². The Hall–Kier alpha value is -2.39. The van der Waals surface area contributed by atoms with Crippen molar-refractivity contribution in [3.8, 4) is 5.75 Å². The molecule has 0 bridgehead atoms. The van der Waals surface area contributed by atoms with Crippen molar-refractivity contribution in [1.29, 1.82) is 0 Å². The summed E-state index contributed by atoms with van der Waals surface area (Å²) in [5.41, 5.74) is 0. The molecule has 3 rings (SSSR count). The lowest BCUT2D eigenvalue weighted by Gasteiger charge is -2.47. The first kappa shape index (κ1) is 28.2. The number of amides is 1. The molecule has 2 aromatic rings. The first-order valence-corrected chi connectivity index (χ1v) is 14.5. The van der Waals surface area contributed by atoms with Gasteiger partial charge >= 0.3 is 6.09 Å². The molecule has 1 aliphatic heterocycles. The predicted molar refractivity (Wildman–Crippen MR) is 147 cm³/mol. The van der Waals surface area contributed by atoms with Crippen molar-refractivity contribution in [2.75, 3.05) is 24.7 Å². The third-order valence-corrected chi connectivity index (χ3v) is 9.57. The van der Waals surface area contributed by atoms with Crippen molar-refractivity contribution in [3.05, 3.63) is 55.6 Å². The summed E-state index contributed by atoms with van der Waals surface area (Å²) in [5.74, 6) is 2.21. The van der Waals surface area contributed by atoms with Gasteiger partial charge in [0, 0.05) is 48.3 Å². The maximum atomic E-state index is 13.5. The third kappa shape index (κ3) is 7.80. The first-order valence-electron chi connectivity index (χ1n) is 12.6. The van der Waals surface area contributed by atoms with Gasteiger partial charge in [-0.3, -0.25) is 9.69 Å². The fraction of sp³-hybridized carbons (Fsp3) is 0.519. The van der Waals surface area contributed by atoms with Gasteiger partial charge in [0.15, 0.2) is 5.78 Å². The van der Waals surface area contributed by atoms with E-state index in [4.69, 9.17) is 4.74 Å². The molecule has 1 fully saturated rings. The molecular weight excluding hydrogens is 494 g/mol. The van der Waals surface area contributed by atoms with Crippen molar-refractivity contribution >= 4 is 35.4 Å². The summed E-state index contributed by atoms with van der Waals surface area (Å²) in [5, 5.41) is 9.93. The lowest BCUT2D eigenvalue weighted by atomic mass is 9.89. The standard InChI is InChI=1S/C27H37N3O4S2/c1-3-18-34-22-10-12-23(13-11-22)35-20-27(4-2)25(30(26(32)33)17-19-36-27)24(31)9-7-5-6-8-15-29-16-14-28-21-29/h3,10-14,16,21,25H,1,4-9,15,17-20H2,2H3,(H,32,33). The summed E-state index contributed by atoms with van der Waals surface area (Å²) < 4.78 is 7.18. The van der Waals surface area contributed by atoms with Crippen molar-refractivity contribution < 1.29 is 19.4 Å². The molecule has 7 nitrogen and oxygen atoms in total. The van der Waals surface area contributed by atoms with E-state index < -0.39 is 16.9 Å². The molecule has 1 aromatic heterocycles. The van der Waals surface area contributed by atoms with Crippen LogP contribution in [0, 0.1) is 0 Å². The molecule has 1 amide bonds. The molecule has 9 heteroatoms. The number of thioether (sulfide) groups is 2. The van der Waals surface area contributed by atoms with Gasteiger partial charge in [0.1, 0.15) is 18.4 Å². The number of carbonyl (C=O) groups excluding carboxylic acids is 1. The van der Waals surface area contributed by atoms with E-state index in [9.17, 15) is 14.7 Å². The number of benzene rings is 1. The van der Waals surface area contributed by atoms with E-state index in [0.29, 0.717) is 31.1 Å².